The summed E-state index contributed by atoms with van der Waals surface area (Å²) in [5, 5.41) is 14.5. The molecule has 0 aromatic heterocycles. The summed E-state index contributed by atoms with van der Waals surface area (Å²) in [4.78, 5) is 57.2. The maximum absolute atomic E-state index is 14.2. The second kappa shape index (κ2) is 19.4. The zero-order valence-corrected chi connectivity index (χ0v) is 37.0. The van der Waals surface area contributed by atoms with Gasteiger partial charge in [0.25, 0.3) is 0 Å². The highest BCUT2D eigenvalue weighted by molar-refractivity contribution is 8.77. The largest absolute Gasteiger partial charge is 0.495 e. The van der Waals surface area contributed by atoms with Crippen molar-refractivity contribution >= 4 is 62.8 Å². The number of hydrogen-bond donors (Lipinski definition) is 3. The Hall–Kier alpha value is -2.99. The van der Waals surface area contributed by atoms with Crippen molar-refractivity contribution in [1.29, 1.82) is 0 Å². The summed E-state index contributed by atoms with van der Waals surface area (Å²) in [5.41, 5.74) is 4.70. The van der Waals surface area contributed by atoms with Gasteiger partial charge in [0.2, 0.25) is 11.8 Å². The number of nitrogens with one attached hydrogen (secondary N) is 1. The third kappa shape index (κ3) is 11.4. The van der Waals surface area contributed by atoms with Gasteiger partial charge in [0.15, 0.2) is 5.72 Å². The summed E-state index contributed by atoms with van der Waals surface area (Å²) >= 11 is 6.79. The van der Waals surface area contributed by atoms with Gasteiger partial charge in [0.05, 0.1) is 25.3 Å². The van der Waals surface area contributed by atoms with E-state index in [2.05, 4.69) is 19.2 Å². The van der Waals surface area contributed by atoms with Crippen LogP contribution >= 0.6 is 33.2 Å². The van der Waals surface area contributed by atoms with E-state index in [1.165, 1.54) is 24.0 Å². The van der Waals surface area contributed by atoms with E-state index in [0.717, 1.165) is 16.9 Å². The number of fused-ring (bicyclic) bond motifs is 5. The first-order valence-corrected chi connectivity index (χ1v) is 21.8. The molecule has 17 heteroatoms. The van der Waals surface area contributed by atoms with Crippen LogP contribution in [-0.2, 0) is 39.8 Å². The van der Waals surface area contributed by atoms with E-state index < -0.39 is 65.7 Å². The van der Waals surface area contributed by atoms with Gasteiger partial charge in [-0.2, -0.15) is 0 Å². The zero-order chi connectivity index (χ0) is 42.5. The Kier molecular flexibility index (Phi) is 15.9. The van der Waals surface area contributed by atoms with E-state index in [9.17, 15) is 24.3 Å². The minimum absolute atomic E-state index is 0.0530. The van der Waals surface area contributed by atoms with Crippen LogP contribution in [0.15, 0.2) is 35.9 Å². The van der Waals surface area contributed by atoms with Crippen LogP contribution in [0.1, 0.15) is 72.8 Å². The van der Waals surface area contributed by atoms with Crippen LogP contribution in [0.5, 0.6) is 5.75 Å². The predicted octanol–water partition coefficient (Wildman–Crippen LogP) is 5.41. The Bertz CT molecular complexity index is 1710. The molecule has 1 unspecified atom stereocenters. The molecule has 0 aliphatic carbocycles. The van der Waals surface area contributed by atoms with Gasteiger partial charge in [-0.3, -0.25) is 14.9 Å². The summed E-state index contributed by atoms with van der Waals surface area (Å²) in [7, 11) is 9.39. The number of epoxide rings is 1. The molecule has 4 rings (SSSR count). The Balaban J connectivity index is 1.68. The molecule has 3 aliphatic heterocycles. The molecule has 1 aromatic rings. The Labute approximate surface area is 349 Å². The summed E-state index contributed by atoms with van der Waals surface area (Å²) in [6.45, 7) is 11.7. The van der Waals surface area contributed by atoms with Crippen molar-refractivity contribution in [2.24, 2.45) is 11.7 Å². The quantitative estimate of drug-likeness (QED) is 0.105. The summed E-state index contributed by atoms with van der Waals surface area (Å²) in [6.07, 6.45) is 1.71. The van der Waals surface area contributed by atoms with Crippen LogP contribution in [0.4, 0.5) is 10.5 Å². The van der Waals surface area contributed by atoms with E-state index in [1.807, 2.05) is 13.0 Å². The SMILES string of the molecule is COc1cc2cc(c1Cl)N(C)C(=O)C[C@H](OC(=O)[C@H](C)N(C)C(=O)CCC(C)(C)SSCCN)[C@]1(C)O[C@H]1[C@H](C)C1C[C@@](O)(NC(=O)O1)[C@H](OC)/C=C/C=C(\C)C2. The van der Waals surface area contributed by atoms with E-state index in [-0.39, 0.29) is 34.9 Å². The number of benzene rings is 1. The average molecular weight is 856 g/mol. The van der Waals surface area contributed by atoms with Crippen molar-refractivity contribution in [3.05, 3.63) is 46.5 Å². The Morgan fingerprint density at radius 3 is 2.61 bits per heavy atom. The lowest BCUT2D eigenvalue weighted by atomic mass is 9.83. The molecule has 4 bridgehead atoms. The molecule has 57 heavy (non-hydrogen) atoms. The maximum Gasteiger partial charge on any atom is 0.409 e. The second-order valence-electron chi connectivity index (χ2n) is 15.9. The van der Waals surface area contributed by atoms with Gasteiger partial charge >= 0.3 is 12.1 Å². The van der Waals surface area contributed by atoms with Crippen LogP contribution in [-0.4, -0.2) is 121 Å². The van der Waals surface area contributed by atoms with Crippen LogP contribution in [0.25, 0.3) is 0 Å². The van der Waals surface area contributed by atoms with E-state index >= 15 is 0 Å². The first kappa shape index (κ1) is 46.7. The van der Waals surface area contributed by atoms with Gasteiger partial charge < -0.3 is 44.3 Å². The van der Waals surface area contributed by atoms with Crippen LogP contribution in [0, 0.1) is 5.92 Å². The number of nitrogens with zero attached hydrogens (tertiary/aromatic N) is 2. The van der Waals surface area contributed by atoms with Crippen LogP contribution in [0.3, 0.4) is 0 Å². The fourth-order valence-electron chi connectivity index (χ4n) is 7.09. The molecular weight excluding hydrogens is 796 g/mol. The topological polar surface area (TPSA) is 182 Å². The van der Waals surface area contributed by atoms with Gasteiger partial charge in [-0.05, 0) is 65.2 Å². The van der Waals surface area contributed by atoms with E-state index in [1.54, 1.807) is 80.7 Å². The normalized spacial score (nSPS) is 30.2. The van der Waals surface area contributed by atoms with Crippen molar-refractivity contribution in [3.63, 3.8) is 0 Å². The fraction of sp³-hybridized carbons (Fsp3) is 0.650. The molecule has 318 valence electrons. The molecule has 8 atom stereocenters. The first-order chi connectivity index (χ1) is 26.7. The third-order valence-corrected chi connectivity index (χ3v) is 14.7. The van der Waals surface area contributed by atoms with Crippen molar-refractivity contribution in [1.82, 2.24) is 10.2 Å². The highest BCUT2D eigenvalue weighted by atomic mass is 35.5. The molecule has 14 nitrogen and oxygen atoms in total. The van der Waals surface area contributed by atoms with Crippen LogP contribution in [0.2, 0.25) is 5.02 Å². The molecule has 0 radical (unpaired) electrons. The zero-order valence-electron chi connectivity index (χ0n) is 34.6. The summed E-state index contributed by atoms with van der Waals surface area (Å²) in [6, 6.07) is 2.60. The lowest BCUT2D eigenvalue weighted by Gasteiger charge is -2.42. The molecule has 2 fully saturated rings. The van der Waals surface area contributed by atoms with Gasteiger partial charge in [-0.15, -0.1) is 0 Å². The van der Waals surface area contributed by atoms with Gasteiger partial charge in [0, 0.05) is 57.0 Å². The number of allylic oxidation sites excluding steroid dienone is 3. The molecule has 3 amide bonds. The summed E-state index contributed by atoms with van der Waals surface area (Å²) in [5.74, 6) is -0.745. The minimum atomic E-state index is -1.83. The number of amides is 3. The standard InChI is InChI=1S/C40H59ClN4O10S2/c1-23-12-11-13-30(52-10)40(50)22-29(53-37(49)43-40)24(2)35-39(6,55-35)31(21-33(47)45(8)27-19-26(18-23)20-28(51-9)34(27)41)54-36(48)25(3)44(7)32(46)14-15-38(4,5)57-56-17-16-42/h11-13,19-20,24-25,29-31,35,50H,14-18,21-22,42H2,1-10H3,(H,43,49)/b13-11+,23-12+/t24-,25+,29?,30-,31+,35+,39+,40+/m1/s1. The van der Waals surface area contributed by atoms with Crippen molar-refractivity contribution in [2.45, 2.75) is 120 Å². The van der Waals surface area contributed by atoms with Crippen molar-refractivity contribution < 1.29 is 48.0 Å². The van der Waals surface area contributed by atoms with Crippen molar-refractivity contribution in [3.8, 4) is 5.75 Å². The molecule has 2 saturated heterocycles. The number of ether oxygens (including phenoxy) is 5. The maximum atomic E-state index is 14.2. The highest BCUT2D eigenvalue weighted by Gasteiger charge is 2.64. The number of carbonyl (C=O) groups excluding carboxylic acids is 4. The Morgan fingerprint density at radius 1 is 1.26 bits per heavy atom. The number of nitrogens with two attached hydrogens (primary N) is 1. The minimum Gasteiger partial charge on any atom is -0.495 e. The predicted molar refractivity (Wildman–Crippen MR) is 223 cm³/mol. The molecular formula is C40H59ClN4O10S2. The number of methoxy groups -OCH3 is 2. The lowest BCUT2D eigenvalue weighted by Crippen LogP contribution is -2.63. The fourth-order valence-corrected chi connectivity index (χ4v) is 9.84. The van der Waals surface area contributed by atoms with Gasteiger partial charge in [0.1, 0.15) is 40.7 Å². The molecule has 3 aliphatic rings. The first-order valence-electron chi connectivity index (χ1n) is 19.1. The monoisotopic (exact) mass is 854 g/mol. The number of alkyl carbamates (subject to hydrolysis) is 1. The second-order valence-corrected chi connectivity index (χ2v) is 19.4. The number of carbonyl (C=O) groups is 4. The van der Waals surface area contributed by atoms with Gasteiger partial charge in [-0.25, -0.2) is 9.59 Å². The number of hydrogen-bond acceptors (Lipinski definition) is 13. The van der Waals surface area contributed by atoms with Crippen molar-refractivity contribution in [2.75, 3.05) is 45.5 Å². The van der Waals surface area contributed by atoms with Gasteiger partial charge in [-0.1, -0.05) is 63.9 Å². The smallest absolute Gasteiger partial charge is 0.409 e. The molecule has 0 saturated carbocycles. The lowest BCUT2D eigenvalue weighted by molar-refractivity contribution is -0.162. The van der Waals surface area contributed by atoms with E-state index in [0.29, 0.717) is 30.8 Å². The number of halogens is 1. The number of anilines is 1. The molecule has 3 heterocycles. The Morgan fingerprint density at radius 2 is 1.96 bits per heavy atom. The highest BCUT2D eigenvalue weighted by Crippen LogP contribution is 2.49. The number of likely N-dealkylation sites (N-methyl/N-ethyl adjacent to an activating group) is 1. The summed E-state index contributed by atoms with van der Waals surface area (Å²) < 4.78 is 29.2. The number of aliphatic hydroxyl groups is 1. The average Bonchev–Trinajstić information content (AvgIpc) is 3.85. The number of esters is 1. The molecule has 0 spiro atoms. The van der Waals surface area contributed by atoms with Crippen LogP contribution < -0.4 is 20.7 Å². The third-order valence-electron chi connectivity index (χ3n) is 11.0. The van der Waals surface area contributed by atoms with E-state index in [4.69, 9.17) is 41.0 Å². The molecule has 4 N–H and O–H groups in total. The number of rotatable bonds is 12. The molecule has 1 aromatic carbocycles.